The Labute approximate surface area is 205 Å². The molecule has 0 spiro atoms. The zero-order valence-electron chi connectivity index (χ0n) is 20.1. The third kappa shape index (κ3) is 6.66. The van der Waals surface area contributed by atoms with Crippen molar-refractivity contribution in [1.82, 2.24) is 15.5 Å². The van der Waals surface area contributed by atoms with Crippen LogP contribution in [0.25, 0.3) is 0 Å². The molecule has 2 aromatic rings. The SMILES string of the molecule is COCC1CCCN1C(=O)c1cc(C(=O)N[C@@H](Cc2ccccc2)[C@H](O)CNC2CC2)ccc1F. The molecule has 188 valence electrons. The molecule has 3 N–H and O–H groups in total. The standard InChI is InChI=1S/C27H34FN3O4/c1-35-17-21-8-5-13-31(21)27(34)22-15-19(9-12-23(22)28)26(33)30-24(14-18-6-3-2-4-7-18)25(32)16-29-20-10-11-20/h2-4,6-7,9,12,15,20-21,24-25,29,32H,5,8,10-11,13-14,16-17H2,1H3,(H,30,33)/t21?,24-,25+/m0/s1. The first-order valence-corrected chi connectivity index (χ1v) is 12.3. The molecule has 7 nitrogen and oxygen atoms in total. The maximum absolute atomic E-state index is 14.7. The summed E-state index contributed by atoms with van der Waals surface area (Å²) in [5.74, 6) is -1.56. The van der Waals surface area contributed by atoms with Gasteiger partial charge in [-0.05, 0) is 55.9 Å². The second kappa shape index (κ2) is 11.7. The summed E-state index contributed by atoms with van der Waals surface area (Å²) in [5, 5.41) is 17.1. The Morgan fingerprint density at radius 1 is 1.17 bits per heavy atom. The second-order valence-corrected chi connectivity index (χ2v) is 9.46. The summed E-state index contributed by atoms with van der Waals surface area (Å²) >= 11 is 0. The van der Waals surface area contributed by atoms with Crippen LogP contribution in [0, 0.1) is 5.82 Å². The van der Waals surface area contributed by atoms with Gasteiger partial charge < -0.3 is 25.4 Å². The first-order chi connectivity index (χ1) is 17.0. The number of halogens is 1. The van der Waals surface area contributed by atoms with Gasteiger partial charge in [-0.1, -0.05) is 30.3 Å². The highest BCUT2D eigenvalue weighted by atomic mass is 19.1. The van der Waals surface area contributed by atoms with E-state index in [-0.39, 0.29) is 17.2 Å². The fourth-order valence-electron chi connectivity index (χ4n) is 4.57. The maximum atomic E-state index is 14.7. The predicted octanol–water partition coefficient (Wildman–Crippen LogP) is 2.53. The van der Waals surface area contributed by atoms with Crippen molar-refractivity contribution >= 4 is 11.8 Å². The van der Waals surface area contributed by atoms with Gasteiger partial charge >= 0.3 is 0 Å². The Kier molecular flexibility index (Phi) is 8.49. The van der Waals surface area contributed by atoms with Gasteiger partial charge in [-0.25, -0.2) is 4.39 Å². The van der Waals surface area contributed by atoms with Crippen molar-refractivity contribution in [3.05, 3.63) is 71.0 Å². The number of rotatable bonds is 11. The summed E-state index contributed by atoms with van der Waals surface area (Å²) in [7, 11) is 1.58. The van der Waals surface area contributed by atoms with E-state index in [9.17, 15) is 19.1 Å². The molecule has 35 heavy (non-hydrogen) atoms. The molecule has 2 aromatic carbocycles. The van der Waals surface area contributed by atoms with Crippen molar-refractivity contribution in [3.8, 4) is 0 Å². The lowest BCUT2D eigenvalue weighted by Gasteiger charge is -2.26. The molecule has 1 aliphatic heterocycles. The van der Waals surface area contributed by atoms with Gasteiger partial charge in [-0.2, -0.15) is 0 Å². The van der Waals surface area contributed by atoms with Gasteiger partial charge in [-0.15, -0.1) is 0 Å². The van der Waals surface area contributed by atoms with Crippen LogP contribution < -0.4 is 10.6 Å². The summed E-state index contributed by atoms with van der Waals surface area (Å²) in [6.07, 6.45) is 3.46. The number of methoxy groups -OCH3 is 1. The average molecular weight is 484 g/mol. The van der Waals surface area contributed by atoms with Gasteiger partial charge in [0.15, 0.2) is 0 Å². The van der Waals surface area contributed by atoms with E-state index in [1.807, 2.05) is 30.3 Å². The van der Waals surface area contributed by atoms with Gasteiger partial charge in [0.1, 0.15) is 5.82 Å². The van der Waals surface area contributed by atoms with Crippen LogP contribution in [0.5, 0.6) is 0 Å². The topological polar surface area (TPSA) is 90.9 Å². The Morgan fingerprint density at radius 2 is 1.94 bits per heavy atom. The number of nitrogens with zero attached hydrogens (tertiary/aromatic N) is 1. The lowest BCUT2D eigenvalue weighted by atomic mass is 10.00. The van der Waals surface area contributed by atoms with Gasteiger partial charge in [0.2, 0.25) is 0 Å². The van der Waals surface area contributed by atoms with E-state index >= 15 is 0 Å². The highest BCUT2D eigenvalue weighted by Crippen LogP contribution is 2.23. The van der Waals surface area contributed by atoms with Crippen molar-refractivity contribution in [2.75, 3.05) is 26.8 Å². The third-order valence-corrected chi connectivity index (χ3v) is 6.73. The molecule has 1 saturated heterocycles. The minimum atomic E-state index is -0.805. The number of aliphatic hydroxyl groups is 1. The van der Waals surface area contributed by atoms with Crippen molar-refractivity contribution in [2.45, 2.75) is 56.3 Å². The molecule has 0 bridgehead atoms. The van der Waals surface area contributed by atoms with Gasteiger partial charge in [0, 0.05) is 31.8 Å². The highest BCUT2D eigenvalue weighted by molar-refractivity contribution is 6.00. The maximum Gasteiger partial charge on any atom is 0.257 e. The van der Waals surface area contributed by atoms with Gasteiger partial charge in [0.05, 0.1) is 30.4 Å². The van der Waals surface area contributed by atoms with Crippen LogP contribution in [0.3, 0.4) is 0 Å². The molecule has 0 radical (unpaired) electrons. The van der Waals surface area contributed by atoms with Crippen LogP contribution in [-0.2, 0) is 11.2 Å². The molecular formula is C27H34FN3O4. The Hall–Kier alpha value is -2.81. The third-order valence-electron chi connectivity index (χ3n) is 6.73. The van der Waals surface area contributed by atoms with Crippen LogP contribution >= 0.6 is 0 Å². The molecule has 4 rings (SSSR count). The molecule has 3 atom stereocenters. The summed E-state index contributed by atoms with van der Waals surface area (Å²) in [6.45, 7) is 1.29. The molecule has 8 heteroatoms. The van der Waals surface area contributed by atoms with E-state index in [1.54, 1.807) is 12.0 Å². The lowest BCUT2D eigenvalue weighted by Crippen LogP contribution is -2.49. The summed E-state index contributed by atoms with van der Waals surface area (Å²) in [6, 6.07) is 13.2. The summed E-state index contributed by atoms with van der Waals surface area (Å²) in [5.41, 5.74) is 1.03. The van der Waals surface area contributed by atoms with Crippen LogP contribution in [0.4, 0.5) is 4.39 Å². The lowest BCUT2D eigenvalue weighted by molar-refractivity contribution is 0.0626. The van der Waals surface area contributed by atoms with Crippen molar-refractivity contribution < 1.29 is 23.8 Å². The number of hydrogen-bond acceptors (Lipinski definition) is 5. The van der Waals surface area contributed by atoms with Crippen LogP contribution in [0.15, 0.2) is 48.5 Å². The zero-order valence-corrected chi connectivity index (χ0v) is 20.1. The van der Waals surface area contributed by atoms with Gasteiger partial charge in [-0.3, -0.25) is 9.59 Å². The van der Waals surface area contributed by atoms with Crippen molar-refractivity contribution in [2.24, 2.45) is 0 Å². The Bertz CT molecular complexity index is 1010. The van der Waals surface area contributed by atoms with Crippen LogP contribution in [-0.4, -0.2) is 72.9 Å². The van der Waals surface area contributed by atoms with Gasteiger partial charge in [0.25, 0.3) is 11.8 Å². The number of hydrogen-bond donors (Lipinski definition) is 3. The zero-order chi connectivity index (χ0) is 24.8. The van der Waals surface area contributed by atoms with Crippen LogP contribution in [0.2, 0.25) is 0 Å². The van der Waals surface area contributed by atoms with E-state index in [0.717, 1.165) is 37.3 Å². The predicted molar refractivity (Wildman–Crippen MR) is 131 cm³/mol. The molecule has 1 heterocycles. The molecule has 2 aliphatic rings. The molecule has 1 aliphatic carbocycles. The van der Waals surface area contributed by atoms with E-state index in [2.05, 4.69) is 10.6 Å². The monoisotopic (exact) mass is 483 g/mol. The Morgan fingerprint density at radius 3 is 2.66 bits per heavy atom. The smallest absolute Gasteiger partial charge is 0.257 e. The number of likely N-dealkylation sites (tertiary alicyclic amines) is 1. The first kappa shape index (κ1) is 25.3. The van der Waals surface area contributed by atoms with Crippen molar-refractivity contribution in [1.29, 1.82) is 0 Å². The largest absolute Gasteiger partial charge is 0.390 e. The minimum absolute atomic E-state index is 0.103. The Balaban J connectivity index is 1.49. The summed E-state index contributed by atoms with van der Waals surface area (Å²) < 4.78 is 19.9. The average Bonchev–Trinajstić information content (AvgIpc) is 3.59. The fourth-order valence-corrected chi connectivity index (χ4v) is 4.57. The first-order valence-electron chi connectivity index (χ1n) is 12.3. The molecule has 0 aromatic heterocycles. The van der Waals surface area contributed by atoms with Crippen molar-refractivity contribution in [3.63, 3.8) is 0 Å². The number of carbonyl (C=O) groups excluding carboxylic acids is 2. The fraction of sp³-hybridized carbons (Fsp3) is 0.481. The van der Waals surface area contributed by atoms with Crippen LogP contribution in [0.1, 0.15) is 52.0 Å². The number of aliphatic hydroxyl groups excluding tert-OH is 1. The number of ether oxygens (including phenoxy) is 1. The number of nitrogens with one attached hydrogen (secondary N) is 2. The molecule has 1 saturated carbocycles. The molecule has 1 unspecified atom stereocenters. The summed E-state index contributed by atoms with van der Waals surface area (Å²) in [4.78, 5) is 27.9. The van der Waals surface area contributed by atoms with E-state index in [4.69, 9.17) is 4.74 Å². The second-order valence-electron chi connectivity index (χ2n) is 9.46. The highest BCUT2D eigenvalue weighted by Gasteiger charge is 2.31. The van der Waals surface area contributed by atoms with E-state index in [0.29, 0.717) is 32.2 Å². The number of amides is 2. The minimum Gasteiger partial charge on any atom is -0.390 e. The normalized spacial score (nSPS) is 19.4. The quantitative estimate of drug-likeness (QED) is 0.457. The molecule has 2 amide bonds. The molecule has 2 fully saturated rings. The molecular weight excluding hydrogens is 449 g/mol. The number of benzene rings is 2. The number of carbonyl (C=O) groups is 2. The van der Waals surface area contributed by atoms with E-state index < -0.39 is 29.8 Å². The van der Waals surface area contributed by atoms with E-state index in [1.165, 1.54) is 12.1 Å².